The molecule has 1 atom stereocenters. The van der Waals surface area contributed by atoms with Crippen LogP contribution in [0.25, 0.3) is 11.1 Å². The molecule has 1 aliphatic heterocycles. The van der Waals surface area contributed by atoms with Gasteiger partial charge < -0.3 is 20.1 Å². The number of aromatic nitrogens is 8. The minimum absolute atomic E-state index is 0.0857. The Balaban J connectivity index is 1.17. The lowest BCUT2D eigenvalue weighted by molar-refractivity contribution is -0.154. The molecule has 3 aromatic heterocycles. The highest BCUT2D eigenvalue weighted by molar-refractivity contribution is 5.67. The number of anilines is 2. The summed E-state index contributed by atoms with van der Waals surface area (Å²) in [5.74, 6) is 0.369. The monoisotopic (exact) mass is 581 g/mol. The van der Waals surface area contributed by atoms with Gasteiger partial charge in [0.25, 0.3) is 5.88 Å². The molecule has 1 spiro atoms. The van der Waals surface area contributed by atoms with E-state index >= 15 is 0 Å². The minimum Gasteiger partial charge on any atom is -0.487 e. The summed E-state index contributed by atoms with van der Waals surface area (Å²) in [5.41, 5.74) is 2.21. The average Bonchev–Trinajstić information content (AvgIpc) is 3.56. The van der Waals surface area contributed by atoms with Crippen molar-refractivity contribution in [3.05, 3.63) is 48.7 Å². The quantitative estimate of drug-likeness (QED) is 0.284. The number of nitrogens with zero attached hydrogens (tertiary/aromatic N) is 9. The SMILES string of the molecule is CC(Cn1cnnn1)Oc1cc(-c2cnc(Nc3cn(C4CC5(CNC5)C4)nc3OCC(F)(F)F)nc2)ccc1C#N. The molecular formula is C26H26F3N11O2. The predicted octanol–water partition coefficient (Wildman–Crippen LogP) is 3.27. The van der Waals surface area contributed by atoms with Crippen LogP contribution in [-0.2, 0) is 6.54 Å². The molecule has 1 saturated heterocycles. The van der Waals surface area contributed by atoms with Gasteiger partial charge in [-0.15, -0.1) is 10.2 Å². The van der Waals surface area contributed by atoms with Gasteiger partial charge in [-0.2, -0.15) is 18.4 Å². The van der Waals surface area contributed by atoms with Crippen LogP contribution in [0.4, 0.5) is 24.8 Å². The maximum absolute atomic E-state index is 12.9. The van der Waals surface area contributed by atoms with Crippen molar-refractivity contribution in [1.29, 1.82) is 5.26 Å². The number of hydrogen-bond acceptors (Lipinski definition) is 11. The van der Waals surface area contributed by atoms with Gasteiger partial charge >= 0.3 is 6.18 Å². The van der Waals surface area contributed by atoms with Crippen molar-refractivity contribution >= 4 is 11.6 Å². The Morgan fingerprint density at radius 3 is 2.64 bits per heavy atom. The van der Waals surface area contributed by atoms with Crippen LogP contribution >= 0.6 is 0 Å². The molecule has 13 nitrogen and oxygen atoms in total. The van der Waals surface area contributed by atoms with Gasteiger partial charge in [0, 0.05) is 31.0 Å². The average molecular weight is 582 g/mol. The topological polar surface area (TPSA) is 154 Å². The highest BCUT2D eigenvalue weighted by Crippen LogP contribution is 2.51. The zero-order valence-electron chi connectivity index (χ0n) is 22.4. The largest absolute Gasteiger partial charge is 0.487 e. The number of alkyl halides is 3. The van der Waals surface area contributed by atoms with E-state index in [0.29, 0.717) is 29.0 Å². The molecule has 2 aliphatic rings. The van der Waals surface area contributed by atoms with Gasteiger partial charge in [-0.25, -0.2) is 14.6 Å². The summed E-state index contributed by atoms with van der Waals surface area (Å²) in [6.07, 6.45) is 3.19. The van der Waals surface area contributed by atoms with Crippen molar-refractivity contribution in [3.8, 4) is 28.8 Å². The second-order valence-corrected chi connectivity index (χ2v) is 10.6. The Bertz CT molecular complexity index is 1570. The Hall–Kier alpha value is -4.78. The number of nitrogens with one attached hydrogen (secondary N) is 2. The maximum atomic E-state index is 12.9. The summed E-state index contributed by atoms with van der Waals surface area (Å²) >= 11 is 0. The molecule has 0 bridgehead atoms. The number of rotatable bonds is 10. The van der Waals surface area contributed by atoms with Crippen LogP contribution in [0.15, 0.2) is 43.1 Å². The Kier molecular flexibility index (Phi) is 7.11. The van der Waals surface area contributed by atoms with Crippen LogP contribution in [0.5, 0.6) is 11.6 Å². The van der Waals surface area contributed by atoms with Crippen molar-refractivity contribution < 1.29 is 22.6 Å². The molecule has 4 aromatic rings. The Morgan fingerprint density at radius 2 is 2.00 bits per heavy atom. The molecule has 1 saturated carbocycles. The third-order valence-electron chi connectivity index (χ3n) is 7.28. The molecule has 6 rings (SSSR count). The van der Waals surface area contributed by atoms with Crippen LogP contribution in [0.1, 0.15) is 31.4 Å². The first kappa shape index (κ1) is 27.4. The molecule has 2 fully saturated rings. The van der Waals surface area contributed by atoms with Gasteiger partial charge in [-0.3, -0.25) is 4.68 Å². The number of ether oxygens (including phenoxy) is 2. The molecule has 1 aliphatic carbocycles. The number of nitriles is 1. The zero-order valence-corrected chi connectivity index (χ0v) is 22.4. The van der Waals surface area contributed by atoms with Gasteiger partial charge in [0.05, 0.1) is 24.3 Å². The van der Waals surface area contributed by atoms with E-state index in [1.54, 1.807) is 41.5 Å². The summed E-state index contributed by atoms with van der Waals surface area (Å²) < 4.78 is 52.9. The van der Waals surface area contributed by atoms with Crippen molar-refractivity contribution in [2.24, 2.45) is 5.41 Å². The fourth-order valence-electron chi connectivity index (χ4n) is 5.13. The van der Waals surface area contributed by atoms with E-state index in [0.717, 1.165) is 25.9 Å². The van der Waals surface area contributed by atoms with Gasteiger partial charge in [0.1, 0.15) is 29.9 Å². The third-order valence-corrected chi connectivity index (χ3v) is 7.28. The number of tetrazole rings is 1. The van der Waals surface area contributed by atoms with Gasteiger partial charge in [0.2, 0.25) is 5.95 Å². The molecule has 1 aromatic carbocycles. The molecule has 16 heteroatoms. The molecule has 2 N–H and O–H groups in total. The molecule has 42 heavy (non-hydrogen) atoms. The van der Waals surface area contributed by atoms with E-state index in [1.165, 1.54) is 11.0 Å². The predicted molar refractivity (Wildman–Crippen MR) is 141 cm³/mol. The summed E-state index contributed by atoms with van der Waals surface area (Å²) in [6, 6.07) is 7.32. The van der Waals surface area contributed by atoms with Crippen molar-refractivity contribution in [1.82, 2.24) is 45.3 Å². The minimum atomic E-state index is -4.51. The lowest BCUT2D eigenvalue weighted by Crippen LogP contribution is -2.60. The first-order chi connectivity index (χ1) is 20.2. The second-order valence-electron chi connectivity index (χ2n) is 10.6. The first-order valence-electron chi connectivity index (χ1n) is 13.2. The second kappa shape index (κ2) is 10.9. The summed E-state index contributed by atoms with van der Waals surface area (Å²) in [4.78, 5) is 8.68. The van der Waals surface area contributed by atoms with Gasteiger partial charge in [-0.1, -0.05) is 6.07 Å². The number of halogens is 3. The van der Waals surface area contributed by atoms with Crippen LogP contribution in [-0.4, -0.2) is 71.9 Å². The Morgan fingerprint density at radius 1 is 1.21 bits per heavy atom. The number of hydrogen-bond donors (Lipinski definition) is 2. The Labute approximate surface area is 237 Å². The van der Waals surface area contributed by atoms with E-state index in [2.05, 4.69) is 47.3 Å². The van der Waals surface area contributed by atoms with E-state index in [1.807, 2.05) is 6.92 Å². The fraction of sp³-hybridized carbons (Fsp3) is 0.423. The third kappa shape index (κ3) is 5.96. The molecular weight excluding hydrogens is 555 g/mol. The fourth-order valence-corrected chi connectivity index (χ4v) is 5.13. The maximum Gasteiger partial charge on any atom is 0.422 e. The van der Waals surface area contributed by atoms with E-state index < -0.39 is 12.8 Å². The van der Waals surface area contributed by atoms with E-state index in [-0.39, 0.29) is 35.1 Å². The van der Waals surface area contributed by atoms with Gasteiger partial charge in [0.15, 0.2) is 6.61 Å². The highest BCUT2D eigenvalue weighted by Gasteiger charge is 2.49. The molecule has 218 valence electrons. The zero-order chi connectivity index (χ0) is 29.3. The normalized spacial score (nSPS) is 16.7. The summed E-state index contributed by atoms with van der Waals surface area (Å²) in [7, 11) is 0. The standard InChI is InChI=1S/C26H26F3N11O2/c1-16(10-39-15-34-37-38-39)42-22-4-17(2-3-18(22)7-30)19-8-32-24(33-9-19)35-21-11-40(20-5-25(6-20)12-31-13-25)36-23(21)41-14-26(27,28)29/h2-4,8-9,11,15-16,20,31H,5-6,10,12-14H2,1H3,(H,32,33,35). The molecule has 0 radical (unpaired) electrons. The van der Waals surface area contributed by atoms with Gasteiger partial charge in [-0.05, 0) is 53.3 Å². The molecule has 1 unspecified atom stereocenters. The molecule has 4 heterocycles. The smallest absolute Gasteiger partial charge is 0.422 e. The summed E-state index contributed by atoms with van der Waals surface area (Å²) in [6.45, 7) is 2.64. The van der Waals surface area contributed by atoms with Crippen LogP contribution < -0.4 is 20.1 Å². The van der Waals surface area contributed by atoms with E-state index in [9.17, 15) is 18.4 Å². The molecule has 0 amide bonds. The van der Waals surface area contributed by atoms with Crippen LogP contribution in [0.3, 0.4) is 0 Å². The van der Waals surface area contributed by atoms with Crippen molar-refractivity contribution in [2.45, 2.75) is 44.6 Å². The van der Waals surface area contributed by atoms with E-state index in [4.69, 9.17) is 9.47 Å². The van der Waals surface area contributed by atoms with Crippen molar-refractivity contribution in [2.75, 3.05) is 25.0 Å². The number of benzene rings is 1. The van der Waals surface area contributed by atoms with Crippen LogP contribution in [0, 0.1) is 16.7 Å². The van der Waals surface area contributed by atoms with Crippen molar-refractivity contribution in [3.63, 3.8) is 0 Å². The lowest BCUT2D eigenvalue weighted by Gasteiger charge is -2.54. The highest BCUT2D eigenvalue weighted by atomic mass is 19.4. The summed E-state index contributed by atoms with van der Waals surface area (Å²) in [5, 5.41) is 31.1. The lowest BCUT2D eigenvalue weighted by atomic mass is 9.62. The first-order valence-corrected chi connectivity index (χ1v) is 13.2. The van der Waals surface area contributed by atoms with Crippen LogP contribution in [0.2, 0.25) is 0 Å².